The Hall–Kier alpha value is -1.47. The van der Waals surface area contributed by atoms with E-state index in [-0.39, 0.29) is 0 Å². The monoisotopic (exact) mass is 241 g/mol. The summed E-state index contributed by atoms with van der Waals surface area (Å²) in [5.41, 5.74) is 0.0148. The van der Waals surface area contributed by atoms with E-state index in [2.05, 4.69) is 11.2 Å². The van der Waals surface area contributed by atoms with Gasteiger partial charge in [0, 0.05) is 13.0 Å². The minimum atomic E-state index is -4.28. The third-order valence-electron chi connectivity index (χ3n) is 2.26. The highest BCUT2D eigenvalue weighted by molar-refractivity contribution is 5.25. The molecule has 0 aliphatic rings. The molecule has 0 saturated heterocycles. The molecule has 1 nitrogen and oxygen atoms in total. The summed E-state index contributed by atoms with van der Waals surface area (Å²) in [6.45, 7) is 1.13. The number of unbranched alkanes of at least 4 members (excludes halogenated alkanes) is 1. The average Bonchev–Trinajstić information content (AvgIpc) is 2.28. The highest BCUT2D eigenvalue weighted by atomic mass is 19.4. The molecule has 1 rings (SSSR count). The van der Waals surface area contributed by atoms with E-state index in [1.807, 2.05) is 0 Å². The molecule has 1 aromatic carbocycles. The summed E-state index contributed by atoms with van der Waals surface area (Å²) in [6.07, 6.45) is 2.31. The topological polar surface area (TPSA) is 12.0 Å². The quantitative estimate of drug-likeness (QED) is 0.616. The molecule has 17 heavy (non-hydrogen) atoms. The van der Waals surface area contributed by atoms with Crippen molar-refractivity contribution in [1.29, 1.82) is 0 Å². The molecule has 92 valence electrons. The van der Waals surface area contributed by atoms with E-state index >= 15 is 0 Å². The average molecular weight is 241 g/mol. The predicted molar refractivity (Wildman–Crippen MR) is 61.2 cm³/mol. The van der Waals surface area contributed by atoms with Crippen LogP contribution in [0.1, 0.15) is 24.0 Å². The van der Waals surface area contributed by atoms with Gasteiger partial charge in [0.05, 0.1) is 5.56 Å². The van der Waals surface area contributed by atoms with Gasteiger partial charge in [0.2, 0.25) is 0 Å². The summed E-state index contributed by atoms with van der Waals surface area (Å²) in [5, 5.41) is 3.05. The Morgan fingerprint density at radius 2 is 2.06 bits per heavy atom. The van der Waals surface area contributed by atoms with Gasteiger partial charge in [-0.25, -0.2) is 0 Å². The summed E-state index contributed by atoms with van der Waals surface area (Å²) >= 11 is 0. The Morgan fingerprint density at radius 3 is 2.71 bits per heavy atom. The molecule has 0 radical (unpaired) electrons. The second kappa shape index (κ2) is 6.31. The number of hydrogen-bond donors (Lipinski definition) is 1. The Kier molecular flexibility index (Phi) is 5.05. The largest absolute Gasteiger partial charge is 0.416 e. The van der Waals surface area contributed by atoms with E-state index in [4.69, 9.17) is 6.42 Å². The van der Waals surface area contributed by atoms with Crippen LogP contribution in [0.5, 0.6) is 0 Å². The van der Waals surface area contributed by atoms with Gasteiger partial charge < -0.3 is 5.32 Å². The molecule has 0 aliphatic carbocycles. The number of alkyl halides is 3. The van der Waals surface area contributed by atoms with Crippen LogP contribution in [0.2, 0.25) is 0 Å². The van der Waals surface area contributed by atoms with E-state index in [0.29, 0.717) is 25.1 Å². The lowest BCUT2D eigenvalue weighted by Gasteiger charge is -2.09. The van der Waals surface area contributed by atoms with E-state index < -0.39 is 11.7 Å². The molecule has 0 saturated carbocycles. The van der Waals surface area contributed by atoms with Crippen LogP contribution in [-0.4, -0.2) is 6.54 Å². The van der Waals surface area contributed by atoms with Gasteiger partial charge in [0.25, 0.3) is 0 Å². The molecule has 0 aliphatic heterocycles. The van der Waals surface area contributed by atoms with Gasteiger partial charge in [-0.2, -0.15) is 13.2 Å². The lowest BCUT2D eigenvalue weighted by Crippen LogP contribution is -2.15. The molecule has 0 atom stereocenters. The zero-order chi connectivity index (χ0) is 12.7. The van der Waals surface area contributed by atoms with Gasteiger partial charge in [-0.05, 0) is 24.6 Å². The molecule has 0 heterocycles. The van der Waals surface area contributed by atoms with E-state index in [1.54, 1.807) is 6.07 Å². The van der Waals surface area contributed by atoms with Crippen LogP contribution in [0, 0.1) is 12.3 Å². The van der Waals surface area contributed by atoms with Crippen LogP contribution < -0.4 is 5.32 Å². The first-order valence-corrected chi connectivity index (χ1v) is 5.34. The van der Waals surface area contributed by atoms with Crippen molar-refractivity contribution < 1.29 is 13.2 Å². The van der Waals surface area contributed by atoms with Crippen LogP contribution in [-0.2, 0) is 12.7 Å². The summed E-state index contributed by atoms with van der Waals surface area (Å²) in [6, 6.07) is 5.32. The first-order chi connectivity index (χ1) is 8.04. The molecule has 0 bridgehead atoms. The molecule has 0 unspecified atom stereocenters. The Labute approximate surface area is 99.0 Å². The zero-order valence-corrected chi connectivity index (χ0v) is 9.35. The highest BCUT2D eigenvalue weighted by Crippen LogP contribution is 2.29. The van der Waals surface area contributed by atoms with E-state index in [0.717, 1.165) is 18.6 Å². The Morgan fingerprint density at radius 1 is 1.29 bits per heavy atom. The molecule has 1 N–H and O–H groups in total. The predicted octanol–water partition coefficient (Wildman–Crippen LogP) is 3.21. The van der Waals surface area contributed by atoms with E-state index in [1.165, 1.54) is 6.07 Å². The van der Waals surface area contributed by atoms with Crippen LogP contribution in [0.3, 0.4) is 0 Å². The minimum Gasteiger partial charge on any atom is -0.313 e. The van der Waals surface area contributed by atoms with Crippen molar-refractivity contribution >= 4 is 0 Å². The van der Waals surface area contributed by atoms with Crippen molar-refractivity contribution in [3.63, 3.8) is 0 Å². The van der Waals surface area contributed by atoms with Crippen molar-refractivity contribution in [2.75, 3.05) is 6.54 Å². The van der Waals surface area contributed by atoms with Gasteiger partial charge in [-0.15, -0.1) is 12.3 Å². The molecular formula is C13H14F3N. The summed E-state index contributed by atoms with van der Waals surface area (Å²) in [7, 11) is 0. The van der Waals surface area contributed by atoms with Gasteiger partial charge in [0.1, 0.15) is 0 Å². The Balaban J connectivity index is 2.47. The van der Waals surface area contributed by atoms with Crippen molar-refractivity contribution in [2.45, 2.75) is 25.6 Å². The number of rotatable bonds is 5. The number of nitrogens with one attached hydrogen (secondary N) is 1. The number of hydrogen-bond acceptors (Lipinski definition) is 1. The normalized spacial score (nSPS) is 11.2. The van der Waals surface area contributed by atoms with Crippen molar-refractivity contribution in [3.05, 3.63) is 35.4 Å². The Bertz CT molecular complexity index is 390. The molecular weight excluding hydrogens is 227 g/mol. The number of terminal acetylenes is 1. The molecule has 0 fully saturated rings. The van der Waals surface area contributed by atoms with Gasteiger partial charge >= 0.3 is 6.18 Å². The van der Waals surface area contributed by atoms with Crippen molar-refractivity contribution in [1.82, 2.24) is 5.32 Å². The van der Waals surface area contributed by atoms with E-state index in [9.17, 15) is 13.2 Å². The van der Waals surface area contributed by atoms with Gasteiger partial charge in [-0.1, -0.05) is 18.2 Å². The fourth-order valence-corrected chi connectivity index (χ4v) is 1.41. The molecule has 1 aromatic rings. The third kappa shape index (κ3) is 4.92. The number of halogens is 3. The van der Waals surface area contributed by atoms with Crippen molar-refractivity contribution in [3.8, 4) is 12.3 Å². The second-order valence-electron chi connectivity index (χ2n) is 3.68. The van der Waals surface area contributed by atoms with Crippen molar-refractivity contribution in [2.24, 2.45) is 0 Å². The molecule has 4 heteroatoms. The maximum atomic E-state index is 12.4. The smallest absolute Gasteiger partial charge is 0.313 e. The first kappa shape index (κ1) is 13.6. The highest BCUT2D eigenvalue weighted by Gasteiger charge is 2.30. The molecule has 0 spiro atoms. The second-order valence-corrected chi connectivity index (χ2v) is 3.68. The van der Waals surface area contributed by atoms with Gasteiger partial charge in [-0.3, -0.25) is 0 Å². The lowest BCUT2D eigenvalue weighted by atomic mass is 10.1. The minimum absolute atomic E-state index is 0.425. The first-order valence-electron chi connectivity index (χ1n) is 5.34. The summed E-state index contributed by atoms with van der Waals surface area (Å²) < 4.78 is 37.2. The van der Waals surface area contributed by atoms with Crippen LogP contribution >= 0.6 is 0 Å². The maximum absolute atomic E-state index is 12.4. The van der Waals surface area contributed by atoms with Crippen LogP contribution in [0.4, 0.5) is 13.2 Å². The fraction of sp³-hybridized carbons (Fsp3) is 0.385. The summed E-state index contributed by atoms with van der Waals surface area (Å²) in [4.78, 5) is 0. The maximum Gasteiger partial charge on any atom is 0.416 e. The number of benzene rings is 1. The van der Waals surface area contributed by atoms with Crippen LogP contribution in [0.25, 0.3) is 0 Å². The standard InChI is InChI=1S/C13H14F3N/c1-2-3-4-8-17-10-11-6-5-7-12(9-11)13(14,15)16/h1,5-7,9,17H,3-4,8,10H2. The molecule has 0 amide bonds. The summed E-state index contributed by atoms with van der Waals surface area (Å²) in [5.74, 6) is 2.51. The lowest BCUT2D eigenvalue weighted by molar-refractivity contribution is -0.137. The van der Waals surface area contributed by atoms with Crippen LogP contribution in [0.15, 0.2) is 24.3 Å². The van der Waals surface area contributed by atoms with Gasteiger partial charge in [0.15, 0.2) is 0 Å². The fourth-order valence-electron chi connectivity index (χ4n) is 1.41. The molecule has 0 aromatic heterocycles. The zero-order valence-electron chi connectivity index (χ0n) is 9.35. The third-order valence-corrected chi connectivity index (χ3v) is 2.26. The SMILES string of the molecule is C#CCCCNCc1cccc(C(F)(F)F)c1.